The van der Waals surface area contributed by atoms with Crippen LogP contribution < -0.4 is 0 Å². The van der Waals surface area contributed by atoms with Crippen LogP contribution >= 0.6 is 0 Å². The molecule has 2 heterocycles. The van der Waals surface area contributed by atoms with Crippen LogP contribution in [0.4, 0.5) is 8.78 Å². The summed E-state index contributed by atoms with van der Waals surface area (Å²) in [6.07, 6.45) is 2.71. The minimum atomic E-state index is -2.73. The van der Waals surface area contributed by atoms with Gasteiger partial charge in [0, 0.05) is 25.0 Å². The van der Waals surface area contributed by atoms with Gasteiger partial charge in [0.05, 0.1) is 18.7 Å². The van der Waals surface area contributed by atoms with E-state index >= 15 is 0 Å². The van der Waals surface area contributed by atoms with Crippen molar-refractivity contribution in [2.45, 2.75) is 57.0 Å². The van der Waals surface area contributed by atoms with Crippen LogP contribution in [0, 0.1) is 11.3 Å². The second-order valence-electron chi connectivity index (χ2n) is 7.57. The lowest BCUT2D eigenvalue weighted by Crippen LogP contribution is -2.49. The molecule has 2 saturated heterocycles. The lowest BCUT2D eigenvalue weighted by molar-refractivity contribution is -0.131. The maximum Gasteiger partial charge on any atom is 0.264 e. The number of nitriles is 1. The highest BCUT2D eigenvalue weighted by Gasteiger charge is 2.44. The van der Waals surface area contributed by atoms with E-state index in [4.69, 9.17) is 0 Å². The summed E-state index contributed by atoms with van der Waals surface area (Å²) in [6, 6.07) is 1.91. The Labute approximate surface area is 141 Å². The fourth-order valence-corrected chi connectivity index (χ4v) is 3.49. The Hall–Kier alpha value is -1.52. The predicted molar refractivity (Wildman–Crippen MR) is 85.3 cm³/mol. The van der Waals surface area contributed by atoms with Gasteiger partial charge < -0.3 is 10.0 Å². The summed E-state index contributed by atoms with van der Waals surface area (Å²) in [6.45, 7) is 5.42. The summed E-state index contributed by atoms with van der Waals surface area (Å²) in [5, 5.41) is 19.0. The van der Waals surface area contributed by atoms with Crippen molar-refractivity contribution in [2.75, 3.05) is 26.2 Å². The minimum absolute atomic E-state index is 0.0585. The second kappa shape index (κ2) is 6.41. The Morgan fingerprint density at radius 2 is 2.04 bits per heavy atom. The van der Waals surface area contributed by atoms with E-state index in [0.29, 0.717) is 13.0 Å². The molecule has 0 aromatic rings. The molecule has 1 amide bonds. The Morgan fingerprint density at radius 3 is 2.54 bits per heavy atom. The Morgan fingerprint density at radius 1 is 1.38 bits per heavy atom. The van der Waals surface area contributed by atoms with Crippen LogP contribution in [0.5, 0.6) is 0 Å². The van der Waals surface area contributed by atoms with Crippen molar-refractivity contribution in [3.8, 4) is 6.07 Å². The van der Waals surface area contributed by atoms with Gasteiger partial charge in [-0.25, -0.2) is 8.78 Å². The Balaban J connectivity index is 2.22. The van der Waals surface area contributed by atoms with Gasteiger partial charge in [-0.3, -0.25) is 9.69 Å². The number of carbonyl (C=O) groups is 1. The number of hydrogen-bond donors (Lipinski definition) is 1. The molecule has 1 atom stereocenters. The molecule has 134 valence electrons. The predicted octanol–water partition coefficient (Wildman–Crippen LogP) is 1.93. The van der Waals surface area contributed by atoms with Gasteiger partial charge in [0.15, 0.2) is 0 Å². The van der Waals surface area contributed by atoms with Gasteiger partial charge in [-0.05, 0) is 39.7 Å². The van der Waals surface area contributed by atoms with Gasteiger partial charge in [-0.1, -0.05) is 0 Å². The number of hydrogen-bond acceptors (Lipinski definition) is 4. The molecular weight excluding hydrogens is 316 g/mol. The fraction of sp³-hybridized carbons (Fsp3) is 0.765. The standard InChI is InChI=1S/C17H25F2N3O2/c1-15(2,21-8-6-17(18,19)11-21)9-13(10-20)14(24)22-7-4-5-16(22,3)12-23/h9,23H,4-8,11-12H2,1-3H3/t16-/m1/s1. The van der Waals surface area contributed by atoms with Crippen molar-refractivity contribution < 1.29 is 18.7 Å². The fourth-order valence-electron chi connectivity index (χ4n) is 3.49. The first-order valence-corrected chi connectivity index (χ1v) is 8.23. The highest BCUT2D eigenvalue weighted by molar-refractivity contribution is 5.98. The van der Waals surface area contributed by atoms with Crippen LogP contribution in [-0.2, 0) is 4.79 Å². The Kier molecular flexibility index (Phi) is 5.03. The summed E-state index contributed by atoms with van der Waals surface area (Å²) in [7, 11) is 0. The molecule has 1 N–H and O–H groups in total. The third-order valence-electron chi connectivity index (χ3n) is 5.17. The topological polar surface area (TPSA) is 67.6 Å². The normalized spacial score (nSPS) is 28.2. The highest BCUT2D eigenvalue weighted by Crippen LogP contribution is 2.34. The largest absolute Gasteiger partial charge is 0.394 e. The summed E-state index contributed by atoms with van der Waals surface area (Å²) in [5.74, 6) is -3.17. The molecule has 2 fully saturated rings. The van der Waals surface area contributed by atoms with Gasteiger partial charge in [0.1, 0.15) is 11.6 Å². The van der Waals surface area contributed by atoms with Crippen LogP contribution in [0.2, 0.25) is 0 Å². The van der Waals surface area contributed by atoms with Crippen LogP contribution in [0.3, 0.4) is 0 Å². The monoisotopic (exact) mass is 341 g/mol. The lowest BCUT2D eigenvalue weighted by atomic mass is 9.96. The number of rotatable bonds is 4. The SMILES string of the molecule is CC(C)(C=C(C#N)C(=O)N1CCC[C@]1(C)CO)N1CCC(F)(F)C1. The molecule has 0 aromatic heterocycles. The molecule has 0 aromatic carbocycles. The van der Waals surface area contributed by atoms with E-state index in [2.05, 4.69) is 0 Å². The van der Waals surface area contributed by atoms with Crippen LogP contribution in [0.15, 0.2) is 11.6 Å². The zero-order valence-electron chi connectivity index (χ0n) is 14.5. The second-order valence-corrected chi connectivity index (χ2v) is 7.57. The summed E-state index contributed by atoms with van der Waals surface area (Å²) >= 11 is 0. The van der Waals surface area contributed by atoms with Gasteiger partial charge >= 0.3 is 0 Å². The number of halogens is 2. The number of alkyl halides is 2. The van der Waals surface area contributed by atoms with E-state index in [9.17, 15) is 23.9 Å². The van der Waals surface area contributed by atoms with E-state index < -0.39 is 22.9 Å². The average molecular weight is 341 g/mol. The molecule has 2 rings (SSSR count). The molecule has 2 aliphatic heterocycles. The smallest absolute Gasteiger partial charge is 0.264 e. The number of nitrogens with zero attached hydrogens (tertiary/aromatic N) is 3. The first-order chi connectivity index (χ1) is 11.0. The molecule has 0 unspecified atom stereocenters. The molecule has 24 heavy (non-hydrogen) atoms. The third kappa shape index (κ3) is 3.60. The average Bonchev–Trinajstić information content (AvgIpc) is 3.07. The number of aliphatic hydroxyl groups is 1. The first-order valence-electron chi connectivity index (χ1n) is 8.23. The van der Waals surface area contributed by atoms with Crippen molar-refractivity contribution >= 4 is 5.91 Å². The number of amides is 1. The Bertz CT molecular complexity index is 583. The van der Waals surface area contributed by atoms with E-state index in [0.717, 1.165) is 6.42 Å². The van der Waals surface area contributed by atoms with Crippen molar-refractivity contribution in [2.24, 2.45) is 0 Å². The number of carbonyl (C=O) groups excluding carboxylic acids is 1. The van der Waals surface area contributed by atoms with Crippen molar-refractivity contribution in [1.29, 1.82) is 5.26 Å². The van der Waals surface area contributed by atoms with Crippen LogP contribution in [-0.4, -0.2) is 64.1 Å². The maximum absolute atomic E-state index is 13.5. The molecule has 0 bridgehead atoms. The van der Waals surface area contributed by atoms with Crippen molar-refractivity contribution in [3.05, 3.63) is 11.6 Å². The first kappa shape index (κ1) is 18.8. The van der Waals surface area contributed by atoms with Crippen molar-refractivity contribution in [3.63, 3.8) is 0 Å². The number of likely N-dealkylation sites (tertiary alicyclic amines) is 2. The molecule has 0 saturated carbocycles. The number of aliphatic hydroxyl groups excluding tert-OH is 1. The van der Waals surface area contributed by atoms with Gasteiger partial charge in [0.25, 0.3) is 11.8 Å². The molecule has 5 nitrogen and oxygen atoms in total. The molecular formula is C17H25F2N3O2. The summed E-state index contributed by atoms with van der Waals surface area (Å²) < 4.78 is 26.9. The maximum atomic E-state index is 13.5. The zero-order chi connectivity index (χ0) is 18.2. The quantitative estimate of drug-likeness (QED) is 0.627. The molecule has 0 spiro atoms. The van der Waals surface area contributed by atoms with Crippen LogP contribution in [0.25, 0.3) is 0 Å². The molecule has 2 aliphatic rings. The van der Waals surface area contributed by atoms with E-state index in [1.807, 2.05) is 6.07 Å². The zero-order valence-corrected chi connectivity index (χ0v) is 14.5. The van der Waals surface area contributed by atoms with Crippen LogP contribution in [0.1, 0.15) is 40.0 Å². The molecule has 0 radical (unpaired) electrons. The van der Waals surface area contributed by atoms with E-state index in [1.54, 1.807) is 25.7 Å². The van der Waals surface area contributed by atoms with E-state index in [1.165, 1.54) is 11.0 Å². The summed E-state index contributed by atoms with van der Waals surface area (Å²) in [5.41, 5.74) is -1.55. The van der Waals surface area contributed by atoms with Gasteiger partial charge in [-0.2, -0.15) is 5.26 Å². The van der Waals surface area contributed by atoms with Gasteiger partial charge in [0.2, 0.25) is 0 Å². The molecule has 7 heteroatoms. The molecule has 0 aliphatic carbocycles. The third-order valence-corrected chi connectivity index (χ3v) is 5.17. The van der Waals surface area contributed by atoms with E-state index in [-0.39, 0.29) is 31.7 Å². The minimum Gasteiger partial charge on any atom is -0.394 e. The highest BCUT2D eigenvalue weighted by atomic mass is 19.3. The summed E-state index contributed by atoms with van der Waals surface area (Å²) in [4.78, 5) is 15.8. The lowest BCUT2D eigenvalue weighted by Gasteiger charge is -2.35. The van der Waals surface area contributed by atoms with Gasteiger partial charge in [-0.15, -0.1) is 0 Å². The van der Waals surface area contributed by atoms with Crippen molar-refractivity contribution in [1.82, 2.24) is 9.80 Å².